The predicted molar refractivity (Wildman–Crippen MR) is 73.2 cm³/mol. The standard InChI is InChI=1S/C15H21NO3/c1-11-8-12(18)4-5-13(11)14(19)16-9-15(10-17)6-2-3-7-15/h4-5,8,17-18H,2-3,6-7,9-10H2,1H3,(H,16,19). The van der Waals surface area contributed by atoms with Gasteiger partial charge in [-0.25, -0.2) is 0 Å². The number of phenolic OH excluding ortho intramolecular Hbond substituents is 1. The molecule has 3 N–H and O–H groups in total. The molecule has 1 aromatic carbocycles. The molecular weight excluding hydrogens is 242 g/mol. The summed E-state index contributed by atoms with van der Waals surface area (Å²) in [6, 6.07) is 4.71. The first kappa shape index (κ1) is 13.9. The Balaban J connectivity index is 2.01. The molecule has 4 nitrogen and oxygen atoms in total. The number of aliphatic hydroxyl groups excluding tert-OH is 1. The fourth-order valence-electron chi connectivity index (χ4n) is 2.78. The summed E-state index contributed by atoms with van der Waals surface area (Å²) in [5, 5.41) is 21.8. The quantitative estimate of drug-likeness (QED) is 0.778. The lowest BCUT2D eigenvalue weighted by atomic mass is 9.87. The number of aliphatic hydroxyl groups is 1. The summed E-state index contributed by atoms with van der Waals surface area (Å²) in [5.41, 5.74) is 1.19. The van der Waals surface area contributed by atoms with Crippen molar-refractivity contribution in [2.75, 3.05) is 13.2 Å². The van der Waals surface area contributed by atoms with E-state index >= 15 is 0 Å². The van der Waals surface area contributed by atoms with Gasteiger partial charge in [-0.2, -0.15) is 0 Å². The molecule has 0 radical (unpaired) electrons. The van der Waals surface area contributed by atoms with Gasteiger partial charge in [0, 0.05) is 17.5 Å². The number of amides is 1. The lowest BCUT2D eigenvalue weighted by Crippen LogP contribution is -2.38. The summed E-state index contributed by atoms with van der Waals surface area (Å²) in [6.07, 6.45) is 4.18. The van der Waals surface area contributed by atoms with E-state index in [1.807, 2.05) is 0 Å². The molecule has 0 aromatic heterocycles. The van der Waals surface area contributed by atoms with Crippen molar-refractivity contribution in [3.05, 3.63) is 29.3 Å². The molecule has 0 heterocycles. The molecule has 1 aliphatic rings. The van der Waals surface area contributed by atoms with E-state index < -0.39 is 0 Å². The van der Waals surface area contributed by atoms with Crippen molar-refractivity contribution in [2.24, 2.45) is 5.41 Å². The average molecular weight is 263 g/mol. The first-order valence-electron chi connectivity index (χ1n) is 6.75. The van der Waals surface area contributed by atoms with Crippen LogP contribution in [0.2, 0.25) is 0 Å². The molecule has 0 bridgehead atoms. The smallest absolute Gasteiger partial charge is 0.251 e. The van der Waals surface area contributed by atoms with E-state index in [0.717, 1.165) is 31.2 Å². The minimum absolute atomic E-state index is 0.127. The van der Waals surface area contributed by atoms with Gasteiger partial charge in [-0.15, -0.1) is 0 Å². The second kappa shape index (κ2) is 5.61. The van der Waals surface area contributed by atoms with Crippen LogP contribution in [0.25, 0.3) is 0 Å². The number of carbonyl (C=O) groups is 1. The Morgan fingerprint density at radius 1 is 1.37 bits per heavy atom. The molecule has 0 unspecified atom stereocenters. The van der Waals surface area contributed by atoms with Crippen LogP contribution in [0.15, 0.2) is 18.2 Å². The van der Waals surface area contributed by atoms with Crippen molar-refractivity contribution in [3.63, 3.8) is 0 Å². The fourth-order valence-corrected chi connectivity index (χ4v) is 2.78. The Bertz CT molecular complexity index is 464. The van der Waals surface area contributed by atoms with Crippen molar-refractivity contribution in [2.45, 2.75) is 32.6 Å². The van der Waals surface area contributed by atoms with Crippen LogP contribution in [0, 0.1) is 12.3 Å². The average Bonchev–Trinajstić information content (AvgIpc) is 2.85. The number of benzene rings is 1. The third-order valence-corrected chi connectivity index (χ3v) is 4.08. The Hall–Kier alpha value is -1.55. The number of nitrogens with one attached hydrogen (secondary N) is 1. The van der Waals surface area contributed by atoms with Gasteiger partial charge >= 0.3 is 0 Å². The van der Waals surface area contributed by atoms with E-state index in [-0.39, 0.29) is 23.7 Å². The Kier molecular flexibility index (Phi) is 4.10. The van der Waals surface area contributed by atoms with E-state index in [9.17, 15) is 15.0 Å². The molecule has 19 heavy (non-hydrogen) atoms. The lowest BCUT2D eigenvalue weighted by molar-refractivity contribution is 0.0880. The number of phenols is 1. The number of aryl methyl sites for hydroxylation is 1. The molecule has 4 heteroatoms. The minimum atomic E-state index is -0.141. The number of rotatable bonds is 4. The normalized spacial score (nSPS) is 17.4. The monoisotopic (exact) mass is 263 g/mol. The minimum Gasteiger partial charge on any atom is -0.508 e. The predicted octanol–water partition coefficient (Wildman–Crippen LogP) is 1.98. The third kappa shape index (κ3) is 3.07. The first-order valence-corrected chi connectivity index (χ1v) is 6.75. The van der Waals surface area contributed by atoms with Gasteiger partial charge < -0.3 is 15.5 Å². The lowest BCUT2D eigenvalue weighted by Gasteiger charge is -2.26. The van der Waals surface area contributed by atoms with Gasteiger partial charge in [0.15, 0.2) is 0 Å². The van der Waals surface area contributed by atoms with Crippen molar-refractivity contribution in [1.29, 1.82) is 0 Å². The Labute approximate surface area is 113 Å². The maximum absolute atomic E-state index is 12.1. The third-order valence-electron chi connectivity index (χ3n) is 4.08. The zero-order valence-corrected chi connectivity index (χ0v) is 11.3. The van der Waals surface area contributed by atoms with Gasteiger partial charge in [0.05, 0.1) is 6.61 Å². The van der Waals surface area contributed by atoms with Gasteiger partial charge in [-0.1, -0.05) is 12.8 Å². The molecule has 1 amide bonds. The molecular formula is C15H21NO3. The van der Waals surface area contributed by atoms with Crippen LogP contribution in [0.5, 0.6) is 5.75 Å². The Morgan fingerprint density at radius 2 is 2.05 bits per heavy atom. The molecule has 0 spiro atoms. The molecule has 1 aromatic rings. The molecule has 1 fully saturated rings. The Morgan fingerprint density at radius 3 is 2.63 bits per heavy atom. The highest BCUT2D eigenvalue weighted by Gasteiger charge is 2.33. The SMILES string of the molecule is Cc1cc(O)ccc1C(=O)NCC1(CO)CCCC1. The number of hydrogen-bond acceptors (Lipinski definition) is 3. The van der Waals surface area contributed by atoms with Gasteiger partial charge in [0.25, 0.3) is 5.91 Å². The number of hydrogen-bond donors (Lipinski definition) is 3. The van der Waals surface area contributed by atoms with E-state index in [2.05, 4.69) is 5.32 Å². The van der Waals surface area contributed by atoms with Crippen molar-refractivity contribution in [1.82, 2.24) is 5.32 Å². The maximum Gasteiger partial charge on any atom is 0.251 e. The van der Waals surface area contributed by atoms with Crippen LogP contribution in [0.3, 0.4) is 0 Å². The number of carbonyl (C=O) groups excluding carboxylic acids is 1. The van der Waals surface area contributed by atoms with Gasteiger partial charge in [0.2, 0.25) is 0 Å². The molecule has 104 valence electrons. The summed E-state index contributed by atoms with van der Waals surface area (Å²) < 4.78 is 0. The molecule has 0 saturated heterocycles. The zero-order chi connectivity index (χ0) is 13.9. The molecule has 0 atom stereocenters. The summed E-state index contributed by atoms with van der Waals surface area (Å²) in [5.74, 6) is 0.0221. The molecule has 0 aliphatic heterocycles. The highest BCUT2D eigenvalue weighted by Crippen LogP contribution is 2.36. The second-order valence-electron chi connectivity index (χ2n) is 5.55. The van der Waals surface area contributed by atoms with E-state index in [1.54, 1.807) is 19.1 Å². The van der Waals surface area contributed by atoms with Crippen LogP contribution in [-0.4, -0.2) is 29.3 Å². The van der Waals surface area contributed by atoms with Crippen LogP contribution < -0.4 is 5.32 Å². The molecule has 1 aliphatic carbocycles. The van der Waals surface area contributed by atoms with E-state index in [1.165, 1.54) is 6.07 Å². The fraction of sp³-hybridized carbons (Fsp3) is 0.533. The maximum atomic E-state index is 12.1. The summed E-state index contributed by atoms with van der Waals surface area (Å²) in [6.45, 7) is 2.44. The topological polar surface area (TPSA) is 69.6 Å². The highest BCUT2D eigenvalue weighted by atomic mass is 16.3. The zero-order valence-electron chi connectivity index (χ0n) is 11.3. The largest absolute Gasteiger partial charge is 0.508 e. The van der Waals surface area contributed by atoms with Crippen molar-refractivity contribution in [3.8, 4) is 5.75 Å². The van der Waals surface area contributed by atoms with Crippen LogP contribution in [0.4, 0.5) is 0 Å². The highest BCUT2D eigenvalue weighted by molar-refractivity contribution is 5.95. The molecule has 1 saturated carbocycles. The summed E-state index contributed by atoms with van der Waals surface area (Å²) in [7, 11) is 0. The van der Waals surface area contributed by atoms with E-state index in [0.29, 0.717) is 12.1 Å². The first-order chi connectivity index (χ1) is 9.06. The van der Waals surface area contributed by atoms with Gasteiger partial charge in [-0.3, -0.25) is 4.79 Å². The van der Waals surface area contributed by atoms with Crippen molar-refractivity contribution < 1.29 is 15.0 Å². The molecule has 2 rings (SSSR count). The summed E-state index contributed by atoms with van der Waals surface area (Å²) >= 11 is 0. The summed E-state index contributed by atoms with van der Waals surface area (Å²) in [4.78, 5) is 12.1. The second-order valence-corrected chi connectivity index (χ2v) is 5.55. The van der Waals surface area contributed by atoms with Gasteiger partial charge in [-0.05, 0) is 43.5 Å². The van der Waals surface area contributed by atoms with Crippen LogP contribution in [0.1, 0.15) is 41.6 Å². The van der Waals surface area contributed by atoms with E-state index in [4.69, 9.17) is 0 Å². The van der Waals surface area contributed by atoms with Crippen LogP contribution in [-0.2, 0) is 0 Å². The van der Waals surface area contributed by atoms with Crippen molar-refractivity contribution >= 4 is 5.91 Å². The van der Waals surface area contributed by atoms with Crippen LogP contribution >= 0.6 is 0 Å². The van der Waals surface area contributed by atoms with Gasteiger partial charge in [0.1, 0.15) is 5.75 Å². The number of aromatic hydroxyl groups is 1.